The quantitative estimate of drug-likeness (QED) is 0.183. The van der Waals surface area contributed by atoms with E-state index >= 15 is 0 Å². The van der Waals surface area contributed by atoms with Crippen molar-refractivity contribution in [1.29, 1.82) is 0 Å². The molecule has 1 N–H and O–H groups in total. The molecule has 6 nitrogen and oxygen atoms in total. The predicted octanol–water partition coefficient (Wildman–Crippen LogP) is 5.75. The van der Waals surface area contributed by atoms with Gasteiger partial charge in [0.05, 0.1) is 11.1 Å². The van der Waals surface area contributed by atoms with Crippen LogP contribution in [0.5, 0.6) is 0 Å². The Labute approximate surface area is 162 Å². The van der Waals surface area contributed by atoms with Gasteiger partial charge in [0.2, 0.25) is 5.91 Å². The highest BCUT2D eigenvalue weighted by Gasteiger charge is 2.04. The molecule has 0 heterocycles. The summed E-state index contributed by atoms with van der Waals surface area (Å²) in [6.07, 6.45) is 15.6. The number of hydrogen-bond acceptors (Lipinski definition) is 4. The molecule has 0 fully saturated rings. The smallest absolute Gasteiger partial charge is 0.270 e. The van der Waals surface area contributed by atoms with E-state index < -0.39 is 4.92 Å². The first-order chi connectivity index (χ1) is 13.1. The van der Waals surface area contributed by atoms with Crippen molar-refractivity contribution in [1.82, 2.24) is 5.43 Å². The van der Waals surface area contributed by atoms with Crippen molar-refractivity contribution < 1.29 is 9.72 Å². The van der Waals surface area contributed by atoms with E-state index in [1.54, 1.807) is 12.1 Å². The molecule has 1 aromatic carbocycles. The van der Waals surface area contributed by atoms with Crippen molar-refractivity contribution in [2.24, 2.45) is 5.10 Å². The second kappa shape index (κ2) is 14.9. The summed E-state index contributed by atoms with van der Waals surface area (Å²) in [4.78, 5) is 22.0. The summed E-state index contributed by atoms with van der Waals surface area (Å²) in [5.74, 6) is -0.118. The van der Waals surface area contributed by atoms with Gasteiger partial charge in [-0.15, -0.1) is 0 Å². The molecule has 0 aromatic heterocycles. The summed E-state index contributed by atoms with van der Waals surface area (Å²) < 4.78 is 0. The molecule has 0 radical (unpaired) electrons. The van der Waals surface area contributed by atoms with Gasteiger partial charge in [-0.05, 0) is 6.42 Å². The van der Waals surface area contributed by atoms with E-state index in [4.69, 9.17) is 0 Å². The summed E-state index contributed by atoms with van der Waals surface area (Å²) in [7, 11) is 0. The maximum Gasteiger partial charge on any atom is 0.270 e. The van der Waals surface area contributed by atoms with E-state index in [1.165, 1.54) is 76.1 Å². The lowest BCUT2D eigenvalue weighted by Gasteiger charge is -2.02. The van der Waals surface area contributed by atoms with Gasteiger partial charge in [0.1, 0.15) is 0 Å². The summed E-state index contributed by atoms with van der Waals surface area (Å²) in [6.45, 7) is 2.24. The zero-order valence-corrected chi connectivity index (χ0v) is 16.5. The zero-order chi connectivity index (χ0) is 19.7. The van der Waals surface area contributed by atoms with Crippen molar-refractivity contribution >= 4 is 17.8 Å². The maximum absolute atomic E-state index is 11.7. The van der Waals surface area contributed by atoms with Crippen LogP contribution in [0.1, 0.15) is 89.5 Å². The van der Waals surface area contributed by atoms with Crippen molar-refractivity contribution in [2.75, 3.05) is 0 Å². The molecule has 0 atom stereocenters. The first-order valence-corrected chi connectivity index (χ1v) is 10.2. The number of nitro benzene ring substituents is 1. The van der Waals surface area contributed by atoms with E-state index in [0.717, 1.165) is 12.8 Å². The van der Waals surface area contributed by atoms with Crippen LogP contribution in [0.3, 0.4) is 0 Å². The third-order valence-corrected chi connectivity index (χ3v) is 4.49. The number of nitro groups is 1. The lowest BCUT2D eigenvalue weighted by Crippen LogP contribution is -2.16. The fourth-order valence-electron chi connectivity index (χ4n) is 2.90. The number of rotatable bonds is 15. The fourth-order valence-corrected chi connectivity index (χ4v) is 2.90. The Morgan fingerprint density at radius 1 is 1.04 bits per heavy atom. The normalized spacial score (nSPS) is 11.0. The molecule has 27 heavy (non-hydrogen) atoms. The molecule has 0 unspecified atom stereocenters. The lowest BCUT2D eigenvalue weighted by atomic mass is 10.1. The predicted molar refractivity (Wildman–Crippen MR) is 110 cm³/mol. The number of amides is 1. The van der Waals surface area contributed by atoms with Crippen LogP contribution < -0.4 is 5.43 Å². The largest absolute Gasteiger partial charge is 0.273 e. The van der Waals surface area contributed by atoms with Gasteiger partial charge in [-0.1, -0.05) is 83.3 Å². The summed E-state index contributed by atoms with van der Waals surface area (Å²) in [6, 6.07) is 6.13. The summed E-state index contributed by atoms with van der Waals surface area (Å²) >= 11 is 0. The topological polar surface area (TPSA) is 84.6 Å². The third-order valence-electron chi connectivity index (χ3n) is 4.49. The Bertz CT molecular complexity index is 588. The molecule has 0 aliphatic heterocycles. The van der Waals surface area contributed by atoms with Crippen LogP contribution >= 0.6 is 0 Å². The van der Waals surface area contributed by atoms with Gasteiger partial charge >= 0.3 is 0 Å². The molecule has 1 amide bonds. The van der Waals surface area contributed by atoms with Crippen molar-refractivity contribution in [3.8, 4) is 0 Å². The molecule has 0 saturated heterocycles. The Kier molecular flexibility index (Phi) is 12.6. The highest BCUT2D eigenvalue weighted by Crippen LogP contribution is 2.12. The molecule has 0 saturated carbocycles. The second-order valence-corrected chi connectivity index (χ2v) is 6.93. The minimum atomic E-state index is -0.456. The van der Waals surface area contributed by atoms with Crippen LogP contribution in [0.15, 0.2) is 29.4 Å². The van der Waals surface area contributed by atoms with Crippen molar-refractivity contribution in [3.05, 3.63) is 39.9 Å². The Hall–Kier alpha value is -2.24. The molecule has 0 aliphatic carbocycles. The van der Waals surface area contributed by atoms with Gasteiger partial charge in [0.15, 0.2) is 0 Å². The number of hydrogen-bond donors (Lipinski definition) is 1. The maximum atomic E-state index is 11.7. The number of unbranched alkanes of at least 4 members (excludes halogenated alkanes) is 10. The van der Waals surface area contributed by atoms with Crippen LogP contribution in [0, 0.1) is 10.1 Å². The molecular formula is C21H33N3O3. The summed E-state index contributed by atoms with van der Waals surface area (Å²) in [5, 5.41) is 14.6. The lowest BCUT2D eigenvalue weighted by molar-refractivity contribution is -0.384. The number of nitrogens with zero attached hydrogens (tertiary/aromatic N) is 2. The first kappa shape index (κ1) is 22.8. The minimum Gasteiger partial charge on any atom is -0.273 e. The highest BCUT2D eigenvalue weighted by molar-refractivity contribution is 5.83. The van der Waals surface area contributed by atoms with Gasteiger partial charge in [-0.25, -0.2) is 5.43 Å². The van der Waals surface area contributed by atoms with Crippen molar-refractivity contribution in [3.63, 3.8) is 0 Å². The Balaban J connectivity index is 2.03. The average Bonchev–Trinajstić information content (AvgIpc) is 2.66. The number of hydrazone groups is 1. The zero-order valence-electron chi connectivity index (χ0n) is 16.5. The molecule has 1 rings (SSSR count). The van der Waals surface area contributed by atoms with E-state index in [-0.39, 0.29) is 11.6 Å². The molecular weight excluding hydrogens is 342 g/mol. The number of carbonyl (C=O) groups excluding carboxylic acids is 1. The van der Waals surface area contributed by atoms with Crippen LogP contribution in [-0.2, 0) is 4.79 Å². The third kappa shape index (κ3) is 11.9. The number of benzene rings is 1. The second-order valence-electron chi connectivity index (χ2n) is 6.93. The van der Waals surface area contributed by atoms with Gasteiger partial charge in [0, 0.05) is 24.1 Å². The Morgan fingerprint density at radius 3 is 2.22 bits per heavy atom. The number of carbonyl (C=O) groups is 1. The molecule has 0 aliphatic rings. The minimum absolute atomic E-state index is 0.00577. The summed E-state index contributed by atoms with van der Waals surface area (Å²) in [5.41, 5.74) is 3.06. The van der Waals surface area contributed by atoms with Crippen LogP contribution in [0.25, 0.3) is 0 Å². The molecule has 6 heteroatoms. The number of non-ortho nitro benzene ring substituents is 1. The standard InChI is InChI=1S/C21H33N3O3/c1-2-3-4-5-6-7-8-9-10-11-12-16-21(25)23-22-18-19-14-13-15-20(17-19)24(26)27/h13-15,17-18H,2-12,16H2,1H3,(H,23,25)/b22-18+. The molecule has 1 aromatic rings. The fraction of sp³-hybridized carbons (Fsp3) is 0.619. The van der Waals surface area contributed by atoms with E-state index in [1.807, 2.05) is 0 Å². The monoisotopic (exact) mass is 375 g/mol. The molecule has 0 spiro atoms. The average molecular weight is 376 g/mol. The van der Waals surface area contributed by atoms with Gasteiger partial charge in [-0.3, -0.25) is 14.9 Å². The van der Waals surface area contributed by atoms with Gasteiger partial charge in [-0.2, -0.15) is 5.10 Å². The van der Waals surface area contributed by atoms with Gasteiger partial charge < -0.3 is 0 Å². The van der Waals surface area contributed by atoms with Crippen LogP contribution in [0.2, 0.25) is 0 Å². The highest BCUT2D eigenvalue weighted by atomic mass is 16.6. The number of nitrogens with one attached hydrogen (secondary N) is 1. The Morgan fingerprint density at radius 2 is 1.63 bits per heavy atom. The van der Waals surface area contributed by atoms with E-state index in [2.05, 4.69) is 17.5 Å². The molecule has 0 bridgehead atoms. The van der Waals surface area contributed by atoms with Gasteiger partial charge in [0.25, 0.3) is 5.69 Å². The van der Waals surface area contributed by atoms with E-state index in [9.17, 15) is 14.9 Å². The van der Waals surface area contributed by atoms with E-state index in [0.29, 0.717) is 12.0 Å². The van der Waals surface area contributed by atoms with Crippen LogP contribution in [0.4, 0.5) is 5.69 Å². The SMILES string of the molecule is CCCCCCCCCCCCCC(=O)N/N=C/c1cccc([N+](=O)[O-])c1. The van der Waals surface area contributed by atoms with Crippen LogP contribution in [-0.4, -0.2) is 17.0 Å². The first-order valence-electron chi connectivity index (χ1n) is 10.2. The van der Waals surface area contributed by atoms with Crippen molar-refractivity contribution in [2.45, 2.75) is 84.0 Å². The molecule has 150 valence electrons.